The van der Waals surface area contributed by atoms with E-state index in [0.29, 0.717) is 11.2 Å². The van der Waals surface area contributed by atoms with Gasteiger partial charge >= 0.3 is 0 Å². The van der Waals surface area contributed by atoms with Crippen LogP contribution in [0.25, 0.3) is 0 Å². The van der Waals surface area contributed by atoms with Gasteiger partial charge in [0.1, 0.15) is 0 Å². The second-order valence-electron chi connectivity index (χ2n) is 5.03. The molecule has 0 fully saturated rings. The summed E-state index contributed by atoms with van der Waals surface area (Å²) in [5.41, 5.74) is 1.03. The SMILES string of the molecule is CCN(CC)CCCC(C)NC(=S)Nc1ccccc1. The lowest BCUT2D eigenvalue weighted by atomic mass is 10.2. The minimum atomic E-state index is 0.397. The Kier molecular flexibility index (Phi) is 8.23. The highest BCUT2D eigenvalue weighted by molar-refractivity contribution is 7.80. The van der Waals surface area contributed by atoms with Crippen LogP contribution in [0, 0.1) is 0 Å². The molecule has 0 spiro atoms. The molecule has 0 saturated heterocycles. The van der Waals surface area contributed by atoms with Crippen LogP contribution in [0.5, 0.6) is 0 Å². The molecule has 1 atom stereocenters. The molecule has 0 amide bonds. The molecule has 0 saturated carbocycles. The predicted molar refractivity (Wildman–Crippen MR) is 92.3 cm³/mol. The standard InChI is InChI=1S/C16H27N3S/c1-4-19(5-2)13-9-10-14(3)17-16(20)18-15-11-7-6-8-12-15/h6-8,11-12,14H,4-5,9-10,13H2,1-3H3,(H2,17,18,20). The smallest absolute Gasteiger partial charge is 0.170 e. The highest BCUT2D eigenvalue weighted by Crippen LogP contribution is 2.05. The predicted octanol–water partition coefficient (Wildman–Crippen LogP) is 3.48. The molecular formula is C16H27N3S. The van der Waals surface area contributed by atoms with Crippen LogP contribution in [-0.2, 0) is 0 Å². The first kappa shape index (κ1) is 16.9. The molecule has 1 aromatic rings. The highest BCUT2D eigenvalue weighted by atomic mass is 32.1. The molecule has 1 unspecified atom stereocenters. The lowest BCUT2D eigenvalue weighted by molar-refractivity contribution is 0.293. The number of anilines is 1. The second kappa shape index (κ2) is 9.72. The van der Waals surface area contributed by atoms with Gasteiger partial charge in [0.05, 0.1) is 0 Å². The van der Waals surface area contributed by atoms with Crippen molar-refractivity contribution in [3.05, 3.63) is 30.3 Å². The van der Waals surface area contributed by atoms with Gasteiger partial charge < -0.3 is 15.5 Å². The summed E-state index contributed by atoms with van der Waals surface area (Å²) in [4.78, 5) is 2.45. The van der Waals surface area contributed by atoms with Crippen molar-refractivity contribution in [1.82, 2.24) is 10.2 Å². The van der Waals surface area contributed by atoms with Gasteiger partial charge in [-0.1, -0.05) is 32.0 Å². The fraction of sp³-hybridized carbons (Fsp3) is 0.562. The summed E-state index contributed by atoms with van der Waals surface area (Å²) < 4.78 is 0. The van der Waals surface area contributed by atoms with Gasteiger partial charge in [0.15, 0.2) is 5.11 Å². The molecular weight excluding hydrogens is 266 g/mol. The molecule has 0 aliphatic rings. The van der Waals surface area contributed by atoms with Gasteiger partial charge in [-0.25, -0.2) is 0 Å². The van der Waals surface area contributed by atoms with Crippen molar-refractivity contribution in [2.75, 3.05) is 25.0 Å². The maximum atomic E-state index is 5.33. The van der Waals surface area contributed by atoms with Crippen LogP contribution in [-0.4, -0.2) is 35.7 Å². The van der Waals surface area contributed by atoms with Crippen LogP contribution >= 0.6 is 12.2 Å². The van der Waals surface area contributed by atoms with Crippen LogP contribution in [0.1, 0.15) is 33.6 Å². The van der Waals surface area contributed by atoms with Gasteiger partial charge in [-0.2, -0.15) is 0 Å². The van der Waals surface area contributed by atoms with E-state index in [4.69, 9.17) is 12.2 Å². The zero-order valence-electron chi connectivity index (χ0n) is 12.9. The Hall–Kier alpha value is -1.13. The second-order valence-corrected chi connectivity index (χ2v) is 5.44. The van der Waals surface area contributed by atoms with Gasteiger partial charge in [0.25, 0.3) is 0 Å². The minimum Gasteiger partial charge on any atom is -0.360 e. The van der Waals surface area contributed by atoms with Gasteiger partial charge in [-0.15, -0.1) is 0 Å². The Labute approximate surface area is 128 Å². The van der Waals surface area contributed by atoms with Crippen LogP contribution in [0.3, 0.4) is 0 Å². The maximum absolute atomic E-state index is 5.33. The molecule has 4 heteroatoms. The number of rotatable bonds is 8. The number of thiocarbonyl (C=S) groups is 1. The highest BCUT2D eigenvalue weighted by Gasteiger charge is 2.05. The quantitative estimate of drug-likeness (QED) is 0.718. The minimum absolute atomic E-state index is 0.397. The molecule has 0 radical (unpaired) electrons. The Bertz CT molecular complexity index is 377. The van der Waals surface area contributed by atoms with E-state index in [1.165, 1.54) is 6.42 Å². The Balaban J connectivity index is 2.21. The summed E-state index contributed by atoms with van der Waals surface area (Å²) in [6.45, 7) is 10.0. The Morgan fingerprint density at radius 1 is 1.20 bits per heavy atom. The molecule has 3 nitrogen and oxygen atoms in total. The molecule has 0 bridgehead atoms. The summed E-state index contributed by atoms with van der Waals surface area (Å²) in [6.07, 6.45) is 2.33. The van der Waals surface area contributed by atoms with Crippen molar-refractivity contribution in [2.24, 2.45) is 0 Å². The van der Waals surface area contributed by atoms with Crippen molar-refractivity contribution in [3.63, 3.8) is 0 Å². The molecule has 1 aromatic carbocycles. The zero-order chi connectivity index (χ0) is 14.8. The Morgan fingerprint density at radius 2 is 1.85 bits per heavy atom. The van der Waals surface area contributed by atoms with Crippen LogP contribution in [0.15, 0.2) is 30.3 Å². The molecule has 20 heavy (non-hydrogen) atoms. The average Bonchev–Trinajstić information content (AvgIpc) is 2.44. The van der Waals surface area contributed by atoms with E-state index in [1.54, 1.807) is 0 Å². The number of benzene rings is 1. The van der Waals surface area contributed by atoms with Gasteiger partial charge in [-0.05, 0) is 63.8 Å². The van der Waals surface area contributed by atoms with Crippen molar-refractivity contribution in [3.8, 4) is 0 Å². The number of nitrogens with zero attached hydrogens (tertiary/aromatic N) is 1. The van der Waals surface area contributed by atoms with Crippen LogP contribution < -0.4 is 10.6 Å². The number of nitrogens with one attached hydrogen (secondary N) is 2. The molecule has 0 aliphatic heterocycles. The third kappa shape index (κ3) is 6.87. The Morgan fingerprint density at radius 3 is 2.45 bits per heavy atom. The summed E-state index contributed by atoms with van der Waals surface area (Å²) >= 11 is 5.33. The van der Waals surface area contributed by atoms with E-state index < -0.39 is 0 Å². The average molecular weight is 293 g/mol. The molecule has 112 valence electrons. The van der Waals surface area contributed by atoms with Crippen molar-refractivity contribution in [2.45, 2.75) is 39.7 Å². The summed E-state index contributed by atoms with van der Waals surface area (Å²) in [5, 5.41) is 7.24. The van der Waals surface area contributed by atoms with Crippen LogP contribution in [0.4, 0.5) is 5.69 Å². The van der Waals surface area contributed by atoms with Crippen molar-refractivity contribution < 1.29 is 0 Å². The topological polar surface area (TPSA) is 27.3 Å². The summed E-state index contributed by atoms with van der Waals surface area (Å²) in [5.74, 6) is 0. The molecule has 0 aliphatic carbocycles. The third-order valence-corrected chi connectivity index (χ3v) is 3.63. The zero-order valence-corrected chi connectivity index (χ0v) is 13.7. The van der Waals surface area contributed by atoms with E-state index in [9.17, 15) is 0 Å². The van der Waals surface area contributed by atoms with Crippen LogP contribution in [0.2, 0.25) is 0 Å². The van der Waals surface area contributed by atoms with E-state index in [0.717, 1.165) is 31.7 Å². The van der Waals surface area contributed by atoms with Gasteiger partial charge in [0.2, 0.25) is 0 Å². The fourth-order valence-electron chi connectivity index (χ4n) is 2.15. The maximum Gasteiger partial charge on any atom is 0.170 e. The van der Waals surface area contributed by atoms with Gasteiger partial charge in [-0.3, -0.25) is 0 Å². The molecule has 0 heterocycles. The third-order valence-electron chi connectivity index (χ3n) is 3.42. The van der Waals surface area contributed by atoms with E-state index in [1.807, 2.05) is 30.3 Å². The lowest BCUT2D eigenvalue weighted by Crippen LogP contribution is -2.36. The monoisotopic (exact) mass is 293 g/mol. The summed E-state index contributed by atoms with van der Waals surface area (Å²) in [6, 6.07) is 10.4. The van der Waals surface area contributed by atoms with E-state index >= 15 is 0 Å². The number of hydrogen-bond acceptors (Lipinski definition) is 2. The van der Waals surface area contributed by atoms with Gasteiger partial charge in [0, 0.05) is 11.7 Å². The van der Waals surface area contributed by atoms with Crippen molar-refractivity contribution >= 4 is 23.0 Å². The first-order valence-electron chi connectivity index (χ1n) is 7.50. The first-order valence-corrected chi connectivity index (χ1v) is 7.91. The number of para-hydroxylation sites is 1. The lowest BCUT2D eigenvalue weighted by Gasteiger charge is -2.20. The van der Waals surface area contributed by atoms with Crippen molar-refractivity contribution in [1.29, 1.82) is 0 Å². The molecule has 1 rings (SSSR count). The van der Waals surface area contributed by atoms with E-state index in [-0.39, 0.29) is 0 Å². The number of hydrogen-bond donors (Lipinski definition) is 2. The normalized spacial score (nSPS) is 12.2. The fourth-order valence-corrected chi connectivity index (χ4v) is 2.46. The molecule has 2 N–H and O–H groups in total. The molecule has 0 aromatic heterocycles. The summed E-state index contributed by atoms with van der Waals surface area (Å²) in [7, 11) is 0. The first-order chi connectivity index (χ1) is 9.65. The van der Waals surface area contributed by atoms with E-state index in [2.05, 4.69) is 36.3 Å². The largest absolute Gasteiger partial charge is 0.360 e.